The van der Waals surface area contributed by atoms with E-state index in [1.165, 1.54) is 34.5 Å². The number of nitrogens with zero attached hydrogens (tertiary/aromatic N) is 2. The third-order valence-electron chi connectivity index (χ3n) is 4.39. The molecule has 9 heteroatoms. The SMILES string of the molecule is COc1ccc(S(=O)(=O)N2CCN(C(=O)c3ccc(F)c(F)c3)CC2)cc1. The van der Waals surface area contributed by atoms with E-state index in [4.69, 9.17) is 4.74 Å². The van der Waals surface area contributed by atoms with Crippen LogP contribution in [0, 0.1) is 11.6 Å². The highest BCUT2D eigenvalue weighted by Gasteiger charge is 2.30. The minimum Gasteiger partial charge on any atom is -0.497 e. The number of halogens is 2. The molecular weight excluding hydrogens is 378 g/mol. The van der Waals surface area contributed by atoms with Crippen LogP contribution in [0.3, 0.4) is 0 Å². The second kappa shape index (κ2) is 7.61. The number of benzene rings is 2. The van der Waals surface area contributed by atoms with E-state index in [0.717, 1.165) is 12.1 Å². The van der Waals surface area contributed by atoms with Crippen molar-refractivity contribution in [3.63, 3.8) is 0 Å². The first-order chi connectivity index (χ1) is 12.8. The summed E-state index contributed by atoms with van der Waals surface area (Å²) in [4.78, 5) is 14.0. The highest BCUT2D eigenvalue weighted by molar-refractivity contribution is 7.89. The Morgan fingerprint density at radius 3 is 2.15 bits per heavy atom. The van der Waals surface area contributed by atoms with Crippen LogP contribution in [-0.4, -0.2) is 56.8 Å². The average molecular weight is 396 g/mol. The van der Waals surface area contributed by atoms with Crippen LogP contribution in [-0.2, 0) is 10.0 Å². The van der Waals surface area contributed by atoms with Gasteiger partial charge >= 0.3 is 0 Å². The molecule has 2 aromatic rings. The summed E-state index contributed by atoms with van der Waals surface area (Å²) in [5.74, 6) is -2.03. The number of ether oxygens (including phenoxy) is 1. The summed E-state index contributed by atoms with van der Waals surface area (Å²) in [7, 11) is -2.19. The minimum atomic E-state index is -3.68. The molecule has 0 N–H and O–H groups in total. The number of carbonyl (C=O) groups excluding carboxylic acids is 1. The molecule has 0 saturated carbocycles. The molecule has 0 spiro atoms. The summed E-state index contributed by atoms with van der Waals surface area (Å²) in [5, 5.41) is 0. The van der Waals surface area contributed by atoms with Crippen molar-refractivity contribution in [2.75, 3.05) is 33.3 Å². The topological polar surface area (TPSA) is 66.9 Å². The number of sulfonamides is 1. The lowest BCUT2D eigenvalue weighted by Gasteiger charge is -2.34. The molecule has 27 heavy (non-hydrogen) atoms. The largest absolute Gasteiger partial charge is 0.497 e. The Morgan fingerprint density at radius 2 is 1.59 bits per heavy atom. The third-order valence-corrected chi connectivity index (χ3v) is 6.30. The van der Waals surface area contributed by atoms with Gasteiger partial charge in [0.2, 0.25) is 10.0 Å². The fourth-order valence-electron chi connectivity index (χ4n) is 2.84. The lowest BCUT2D eigenvalue weighted by Crippen LogP contribution is -2.50. The quantitative estimate of drug-likeness (QED) is 0.794. The summed E-state index contributed by atoms with van der Waals surface area (Å²) in [5.41, 5.74) is 0.0281. The van der Waals surface area contributed by atoms with E-state index in [0.29, 0.717) is 5.75 Å². The van der Waals surface area contributed by atoms with Gasteiger partial charge in [-0.05, 0) is 42.5 Å². The Morgan fingerprint density at radius 1 is 0.963 bits per heavy atom. The fourth-order valence-corrected chi connectivity index (χ4v) is 4.26. The van der Waals surface area contributed by atoms with Crippen molar-refractivity contribution < 1.29 is 26.7 Å². The van der Waals surface area contributed by atoms with Gasteiger partial charge in [-0.3, -0.25) is 4.79 Å². The number of piperazine rings is 1. The molecule has 0 atom stereocenters. The first-order valence-corrected chi connectivity index (χ1v) is 9.65. The van der Waals surface area contributed by atoms with Gasteiger partial charge in [-0.2, -0.15) is 4.31 Å². The maximum Gasteiger partial charge on any atom is 0.254 e. The lowest BCUT2D eigenvalue weighted by atomic mass is 10.1. The predicted molar refractivity (Wildman–Crippen MR) is 94.0 cm³/mol. The fraction of sp³-hybridized carbons (Fsp3) is 0.278. The van der Waals surface area contributed by atoms with Crippen molar-refractivity contribution in [2.45, 2.75) is 4.90 Å². The Labute approximate surface area is 156 Å². The molecule has 0 aromatic heterocycles. The van der Waals surface area contributed by atoms with Crippen LogP contribution in [0.4, 0.5) is 8.78 Å². The van der Waals surface area contributed by atoms with E-state index in [2.05, 4.69) is 0 Å². The van der Waals surface area contributed by atoms with Crippen LogP contribution in [0.1, 0.15) is 10.4 Å². The molecule has 1 saturated heterocycles. The van der Waals surface area contributed by atoms with Gasteiger partial charge < -0.3 is 9.64 Å². The molecule has 144 valence electrons. The lowest BCUT2D eigenvalue weighted by molar-refractivity contribution is 0.0697. The average Bonchev–Trinajstić information content (AvgIpc) is 2.69. The molecule has 1 fully saturated rings. The normalized spacial score (nSPS) is 15.6. The van der Waals surface area contributed by atoms with E-state index >= 15 is 0 Å². The monoisotopic (exact) mass is 396 g/mol. The van der Waals surface area contributed by atoms with Crippen molar-refractivity contribution >= 4 is 15.9 Å². The zero-order chi connectivity index (χ0) is 19.6. The molecule has 0 bridgehead atoms. The van der Waals surface area contributed by atoms with Crippen molar-refractivity contribution in [1.29, 1.82) is 0 Å². The molecule has 6 nitrogen and oxygen atoms in total. The van der Waals surface area contributed by atoms with Crippen LogP contribution >= 0.6 is 0 Å². The molecule has 0 radical (unpaired) electrons. The van der Waals surface area contributed by atoms with E-state index in [9.17, 15) is 22.0 Å². The van der Waals surface area contributed by atoms with Crippen LogP contribution in [0.5, 0.6) is 5.75 Å². The molecule has 1 aliphatic heterocycles. The van der Waals surface area contributed by atoms with E-state index in [1.54, 1.807) is 12.1 Å². The summed E-state index contributed by atoms with van der Waals surface area (Å²) in [6.07, 6.45) is 0. The Hall–Kier alpha value is -2.52. The number of hydrogen-bond acceptors (Lipinski definition) is 4. The second-order valence-corrected chi connectivity index (χ2v) is 7.94. The van der Waals surface area contributed by atoms with Crippen LogP contribution in [0.15, 0.2) is 47.4 Å². The Balaban J connectivity index is 1.68. The van der Waals surface area contributed by atoms with Crippen molar-refractivity contribution in [3.05, 3.63) is 59.7 Å². The van der Waals surface area contributed by atoms with Gasteiger partial charge in [0.05, 0.1) is 12.0 Å². The van der Waals surface area contributed by atoms with Crippen molar-refractivity contribution in [2.24, 2.45) is 0 Å². The summed E-state index contributed by atoms with van der Waals surface area (Å²) in [6, 6.07) is 9.01. The van der Waals surface area contributed by atoms with Gasteiger partial charge in [0, 0.05) is 31.7 Å². The van der Waals surface area contributed by atoms with Gasteiger partial charge in [-0.1, -0.05) is 0 Å². The number of rotatable bonds is 4. The minimum absolute atomic E-state index is 0.0281. The molecule has 3 rings (SSSR count). The molecule has 1 heterocycles. The van der Waals surface area contributed by atoms with Crippen molar-refractivity contribution in [3.8, 4) is 5.75 Å². The number of methoxy groups -OCH3 is 1. The zero-order valence-corrected chi connectivity index (χ0v) is 15.4. The first-order valence-electron chi connectivity index (χ1n) is 8.21. The molecule has 0 unspecified atom stereocenters. The maximum atomic E-state index is 13.3. The molecule has 1 amide bonds. The van der Waals surface area contributed by atoms with Gasteiger partial charge in [0.1, 0.15) is 5.75 Å². The highest BCUT2D eigenvalue weighted by atomic mass is 32.2. The summed E-state index contributed by atoms with van der Waals surface area (Å²) < 4.78 is 58.1. The van der Waals surface area contributed by atoms with Crippen LogP contribution < -0.4 is 4.74 Å². The van der Waals surface area contributed by atoms with Gasteiger partial charge in [-0.25, -0.2) is 17.2 Å². The Kier molecular flexibility index (Phi) is 5.43. The molecular formula is C18H18F2N2O4S. The van der Waals surface area contributed by atoms with Crippen LogP contribution in [0.25, 0.3) is 0 Å². The van der Waals surface area contributed by atoms with E-state index in [-0.39, 0.29) is 36.6 Å². The van der Waals surface area contributed by atoms with Crippen LogP contribution in [0.2, 0.25) is 0 Å². The van der Waals surface area contributed by atoms with Crippen molar-refractivity contribution in [1.82, 2.24) is 9.21 Å². The zero-order valence-electron chi connectivity index (χ0n) is 14.6. The van der Waals surface area contributed by atoms with Gasteiger partial charge in [-0.15, -0.1) is 0 Å². The predicted octanol–water partition coefficient (Wildman–Crippen LogP) is 2.12. The number of hydrogen-bond donors (Lipinski definition) is 0. The Bertz CT molecular complexity index is 940. The standard InChI is InChI=1S/C18H18F2N2O4S/c1-26-14-3-5-15(6-4-14)27(24,25)22-10-8-21(9-11-22)18(23)13-2-7-16(19)17(20)12-13/h2-7,12H,8-11H2,1H3. The summed E-state index contributed by atoms with van der Waals surface area (Å²) >= 11 is 0. The smallest absolute Gasteiger partial charge is 0.254 e. The van der Waals surface area contributed by atoms with Gasteiger partial charge in [0.15, 0.2) is 11.6 Å². The van der Waals surface area contributed by atoms with E-state index in [1.807, 2.05) is 0 Å². The molecule has 0 aliphatic carbocycles. The summed E-state index contributed by atoms with van der Waals surface area (Å²) in [6.45, 7) is 0.550. The number of carbonyl (C=O) groups is 1. The first kappa shape index (κ1) is 19.2. The van der Waals surface area contributed by atoms with Gasteiger partial charge in [0.25, 0.3) is 5.91 Å². The molecule has 2 aromatic carbocycles. The number of amides is 1. The second-order valence-electron chi connectivity index (χ2n) is 6.00. The maximum absolute atomic E-state index is 13.3. The highest BCUT2D eigenvalue weighted by Crippen LogP contribution is 2.21. The third kappa shape index (κ3) is 3.93. The van der Waals surface area contributed by atoms with E-state index < -0.39 is 27.6 Å². The molecule has 1 aliphatic rings.